The van der Waals surface area contributed by atoms with E-state index in [0.29, 0.717) is 62.8 Å². The smallest absolute Gasteiger partial charge is 0.235 e. The largest absolute Gasteiger partial charge is 0.486 e. The van der Waals surface area contributed by atoms with Gasteiger partial charge >= 0.3 is 0 Å². The van der Waals surface area contributed by atoms with Crippen LogP contribution in [0, 0.1) is 0 Å². The maximum absolute atomic E-state index is 13.5. The lowest BCUT2D eigenvalue weighted by Gasteiger charge is -2.27. The van der Waals surface area contributed by atoms with E-state index in [0.717, 1.165) is 16.7 Å². The van der Waals surface area contributed by atoms with Gasteiger partial charge in [-0.15, -0.1) is 0 Å². The third-order valence-corrected chi connectivity index (χ3v) is 8.05. The summed E-state index contributed by atoms with van der Waals surface area (Å²) in [7, 11) is 0. The van der Waals surface area contributed by atoms with Gasteiger partial charge in [-0.05, 0) is 55.7 Å². The molecule has 214 valence electrons. The monoisotopic (exact) mass is 610 g/mol. The predicted molar refractivity (Wildman–Crippen MR) is 169 cm³/mol. The highest BCUT2D eigenvalue weighted by molar-refractivity contribution is 6.31. The summed E-state index contributed by atoms with van der Waals surface area (Å²) < 4.78 is 24.7. The highest BCUT2D eigenvalue weighted by Gasteiger charge is 2.30. The fourth-order valence-corrected chi connectivity index (χ4v) is 5.85. The average molecular weight is 611 g/mol. The highest BCUT2D eigenvalue weighted by atomic mass is 35.5. The van der Waals surface area contributed by atoms with Gasteiger partial charge < -0.3 is 18.3 Å². The van der Waals surface area contributed by atoms with Gasteiger partial charge in [0.05, 0.1) is 17.4 Å². The number of hydrogen-bond acceptors (Lipinski definition) is 6. The minimum Gasteiger partial charge on any atom is -0.486 e. The molecule has 1 atom stereocenters. The molecule has 0 aliphatic carbocycles. The Bertz CT molecular complexity index is 2120. The van der Waals surface area contributed by atoms with Crippen LogP contribution in [0.5, 0.6) is 11.5 Å². The minimum atomic E-state index is -0.351. The Hall–Kier alpha value is -4.52. The summed E-state index contributed by atoms with van der Waals surface area (Å²) in [4.78, 5) is 26.9. The molecule has 6 aromatic rings. The van der Waals surface area contributed by atoms with Gasteiger partial charge in [-0.2, -0.15) is 0 Å². The molecule has 1 aliphatic rings. The number of hydrogen-bond donors (Lipinski definition) is 0. The van der Waals surface area contributed by atoms with Gasteiger partial charge in [0.1, 0.15) is 17.3 Å². The Balaban J connectivity index is 1.11. The topological polar surface area (TPSA) is 78.9 Å². The Morgan fingerprint density at radius 3 is 2.09 bits per heavy atom. The van der Waals surface area contributed by atoms with Crippen molar-refractivity contribution in [1.29, 1.82) is 0 Å². The molecule has 1 aliphatic heterocycles. The van der Waals surface area contributed by atoms with E-state index in [9.17, 15) is 9.59 Å². The Labute approximate surface area is 256 Å². The van der Waals surface area contributed by atoms with Gasteiger partial charge in [0.2, 0.25) is 22.4 Å². The van der Waals surface area contributed by atoms with E-state index in [-0.39, 0.29) is 35.1 Å². The number of ether oxygens (including phenoxy) is 2. The van der Waals surface area contributed by atoms with Crippen molar-refractivity contribution < 1.29 is 18.3 Å². The molecule has 8 heteroatoms. The van der Waals surface area contributed by atoms with Crippen LogP contribution in [-0.4, -0.2) is 6.61 Å². The van der Waals surface area contributed by atoms with Crippen molar-refractivity contribution in [3.63, 3.8) is 0 Å². The number of rotatable bonds is 7. The fourth-order valence-electron chi connectivity index (χ4n) is 5.51. The molecule has 6 nitrogen and oxygen atoms in total. The molecule has 1 unspecified atom stereocenters. The van der Waals surface area contributed by atoms with Gasteiger partial charge in [-0.3, -0.25) is 9.59 Å². The zero-order valence-corrected chi connectivity index (χ0v) is 24.3. The second-order valence-electron chi connectivity index (χ2n) is 10.4. The molecule has 2 aromatic heterocycles. The second kappa shape index (κ2) is 11.3. The quantitative estimate of drug-likeness (QED) is 0.168. The normalized spacial score (nSPS) is 13.9. The van der Waals surface area contributed by atoms with E-state index in [1.165, 1.54) is 0 Å². The van der Waals surface area contributed by atoms with Crippen LogP contribution in [0.4, 0.5) is 0 Å². The number of fused-ring (bicyclic) bond motifs is 5. The SMILES string of the molecule is O=c1c(OCCCCC2Oc3c(oc4ccc(Cl)cc4c3=O)-c3ccccc32)c(-c2ccccc2)oc2ccc(Cl)cc12. The molecule has 0 amide bonds. The van der Waals surface area contributed by atoms with Crippen molar-refractivity contribution in [1.82, 2.24) is 0 Å². The summed E-state index contributed by atoms with van der Waals surface area (Å²) in [5, 5.41) is 1.63. The first-order valence-corrected chi connectivity index (χ1v) is 14.7. The van der Waals surface area contributed by atoms with Crippen molar-refractivity contribution in [2.24, 2.45) is 0 Å². The van der Waals surface area contributed by atoms with Crippen LogP contribution in [0.15, 0.2) is 109 Å². The van der Waals surface area contributed by atoms with Crippen LogP contribution in [0.1, 0.15) is 30.9 Å². The molecule has 0 bridgehead atoms. The molecule has 3 heterocycles. The van der Waals surface area contributed by atoms with Crippen molar-refractivity contribution in [2.45, 2.75) is 25.4 Å². The molecule has 4 aromatic carbocycles. The lowest BCUT2D eigenvalue weighted by atomic mass is 9.93. The third kappa shape index (κ3) is 5.07. The van der Waals surface area contributed by atoms with E-state index in [2.05, 4.69) is 0 Å². The van der Waals surface area contributed by atoms with Gasteiger partial charge in [0, 0.05) is 26.7 Å². The van der Waals surface area contributed by atoms with Crippen molar-refractivity contribution in [3.05, 3.63) is 127 Å². The Morgan fingerprint density at radius 2 is 1.35 bits per heavy atom. The summed E-state index contributed by atoms with van der Waals surface area (Å²) in [6.45, 7) is 0.285. The molecule has 0 saturated carbocycles. The minimum absolute atomic E-state index is 0.150. The maximum atomic E-state index is 13.5. The van der Waals surface area contributed by atoms with Crippen LogP contribution < -0.4 is 20.3 Å². The first-order chi connectivity index (χ1) is 21.0. The molecular weight excluding hydrogens is 587 g/mol. The first kappa shape index (κ1) is 27.3. The number of benzene rings is 4. The zero-order chi connectivity index (χ0) is 29.5. The predicted octanol–water partition coefficient (Wildman–Crippen LogP) is 9.22. The van der Waals surface area contributed by atoms with E-state index in [4.69, 9.17) is 41.5 Å². The van der Waals surface area contributed by atoms with E-state index >= 15 is 0 Å². The fraction of sp³-hybridized carbons (Fsp3) is 0.143. The molecule has 0 spiro atoms. The van der Waals surface area contributed by atoms with Crippen LogP contribution in [0.2, 0.25) is 10.0 Å². The summed E-state index contributed by atoms with van der Waals surface area (Å²) >= 11 is 12.3. The average Bonchev–Trinajstić information content (AvgIpc) is 3.03. The van der Waals surface area contributed by atoms with Crippen LogP contribution in [-0.2, 0) is 0 Å². The molecule has 0 saturated heterocycles. The molecule has 7 rings (SSSR count). The van der Waals surface area contributed by atoms with Crippen LogP contribution >= 0.6 is 23.2 Å². The molecule has 0 radical (unpaired) electrons. The summed E-state index contributed by atoms with van der Waals surface area (Å²) in [5.74, 6) is 1.14. The van der Waals surface area contributed by atoms with E-state index in [1.54, 1.807) is 36.4 Å². The second-order valence-corrected chi connectivity index (χ2v) is 11.2. The van der Waals surface area contributed by atoms with Gasteiger partial charge in [0.15, 0.2) is 11.5 Å². The maximum Gasteiger partial charge on any atom is 0.235 e. The van der Waals surface area contributed by atoms with Crippen molar-refractivity contribution >= 4 is 45.1 Å². The van der Waals surface area contributed by atoms with Gasteiger partial charge in [-0.1, -0.05) is 77.8 Å². The molecular formula is C35H24Cl2O6. The molecule has 0 N–H and O–H groups in total. The van der Waals surface area contributed by atoms with Gasteiger partial charge in [-0.25, -0.2) is 0 Å². The van der Waals surface area contributed by atoms with E-state index in [1.807, 2.05) is 54.6 Å². The first-order valence-electron chi connectivity index (χ1n) is 13.9. The van der Waals surface area contributed by atoms with E-state index < -0.39 is 0 Å². The zero-order valence-electron chi connectivity index (χ0n) is 22.8. The van der Waals surface area contributed by atoms with Crippen molar-refractivity contribution in [2.75, 3.05) is 6.61 Å². The standard InChI is InChI=1S/C35H24Cl2O6/c36-21-13-15-28-25(18-21)30(38)34(32(41-28)20-8-2-1-3-9-20)40-17-7-6-12-27-23-10-4-5-11-24(23)33-35(43-27)31(39)26-19-22(37)14-16-29(26)42-33/h1-5,8-11,13-16,18-19,27H,6-7,12,17H2. The highest BCUT2D eigenvalue weighted by Crippen LogP contribution is 2.43. The molecule has 0 fully saturated rings. The lowest BCUT2D eigenvalue weighted by Crippen LogP contribution is -2.20. The molecule has 43 heavy (non-hydrogen) atoms. The summed E-state index contributed by atoms with van der Waals surface area (Å²) in [6, 6.07) is 27.1. The van der Waals surface area contributed by atoms with Crippen molar-refractivity contribution in [3.8, 4) is 34.1 Å². The third-order valence-electron chi connectivity index (χ3n) is 7.58. The number of halogens is 2. The van der Waals surface area contributed by atoms with Crippen LogP contribution in [0.3, 0.4) is 0 Å². The van der Waals surface area contributed by atoms with Crippen LogP contribution in [0.25, 0.3) is 44.6 Å². The Morgan fingerprint density at radius 1 is 0.698 bits per heavy atom. The lowest BCUT2D eigenvalue weighted by molar-refractivity contribution is 0.177. The summed E-state index contributed by atoms with van der Waals surface area (Å²) in [5.41, 5.74) is 2.89. The Kier molecular flexibility index (Phi) is 7.17. The summed E-state index contributed by atoms with van der Waals surface area (Å²) in [6.07, 6.45) is 1.62. The van der Waals surface area contributed by atoms with Gasteiger partial charge in [0.25, 0.3) is 0 Å². The number of unbranched alkanes of at least 4 members (excludes halogenated alkanes) is 1.